The number of ether oxygens (including phenoxy) is 2. The van der Waals surface area contributed by atoms with Crippen molar-refractivity contribution in [1.29, 1.82) is 0 Å². The Morgan fingerprint density at radius 2 is 1.80 bits per heavy atom. The number of aromatic nitrogens is 1. The highest BCUT2D eigenvalue weighted by Crippen LogP contribution is 2.41. The van der Waals surface area contributed by atoms with Crippen molar-refractivity contribution in [2.45, 2.75) is 39.7 Å². The van der Waals surface area contributed by atoms with Crippen LogP contribution in [0.3, 0.4) is 0 Å². The highest BCUT2D eigenvalue weighted by molar-refractivity contribution is 5.77. The Bertz CT molecular complexity index is 1050. The number of rotatable bonds is 7. The SMILES string of the molecule is CCOc1ccc(-c2onc3c2CCc2cc(CN4CCC4)ccc2-3)cc1OCC. The van der Waals surface area contributed by atoms with E-state index in [1.54, 1.807) is 0 Å². The minimum Gasteiger partial charge on any atom is -0.490 e. The molecule has 30 heavy (non-hydrogen) atoms. The lowest BCUT2D eigenvalue weighted by Gasteiger charge is -2.31. The van der Waals surface area contributed by atoms with E-state index in [-0.39, 0.29) is 0 Å². The van der Waals surface area contributed by atoms with E-state index in [0.717, 1.165) is 47.9 Å². The summed E-state index contributed by atoms with van der Waals surface area (Å²) in [5.74, 6) is 2.34. The van der Waals surface area contributed by atoms with E-state index in [1.165, 1.54) is 41.8 Å². The van der Waals surface area contributed by atoms with Crippen molar-refractivity contribution in [3.8, 4) is 34.1 Å². The number of likely N-dealkylation sites (tertiary alicyclic amines) is 1. The molecule has 2 heterocycles. The van der Waals surface area contributed by atoms with Gasteiger partial charge in [0.15, 0.2) is 17.3 Å². The zero-order valence-electron chi connectivity index (χ0n) is 17.7. The van der Waals surface area contributed by atoms with Crippen molar-refractivity contribution >= 4 is 0 Å². The summed E-state index contributed by atoms with van der Waals surface area (Å²) in [6, 6.07) is 12.8. The summed E-state index contributed by atoms with van der Waals surface area (Å²) >= 11 is 0. The molecule has 5 nitrogen and oxygen atoms in total. The molecule has 5 rings (SSSR count). The first-order valence-electron chi connectivity index (χ1n) is 11.0. The van der Waals surface area contributed by atoms with Crippen LogP contribution in [0.1, 0.15) is 37.0 Å². The van der Waals surface area contributed by atoms with Gasteiger partial charge in [-0.3, -0.25) is 4.90 Å². The molecule has 1 aromatic heterocycles. The van der Waals surface area contributed by atoms with Gasteiger partial charge in [-0.2, -0.15) is 0 Å². The van der Waals surface area contributed by atoms with Gasteiger partial charge in [-0.25, -0.2) is 0 Å². The summed E-state index contributed by atoms with van der Waals surface area (Å²) in [6.45, 7) is 8.64. The lowest BCUT2D eigenvalue weighted by atomic mass is 9.87. The second-order valence-corrected chi connectivity index (χ2v) is 7.99. The number of aryl methyl sites for hydroxylation is 1. The third-order valence-corrected chi connectivity index (χ3v) is 6.02. The Morgan fingerprint density at radius 3 is 2.57 bits per heavy atom. The fourth-order valence-electron chi connectivity index (χ4n) is 4.41. The van der Waals surface area contributed by atoms with Gasteiger partial charge in [0, 0.05) is 23.2 Å². The van der Waals surface area contributed by atoms with Crippen molar-refractivity contribution in [3.05, 3.63) is 53.1 Å². The van der Waals surface area contributed by atoms with Gasteiger partial charge in [0.05, 0.1) is 13.2 Å². The van der Waals surface area contributed by atoms with Crippen LogP contribution >= 0.6 is 0 Å². The molecule has 0 spiro atoms. The van der Waals surface area contributed by atoms with Crippen molar-refractivity contribution in [2.75, 3.05) is 26.3 Å². The van der Waals surface area contributed by atoms with Crippen LogP contribution in [0.2, 0.25) is 0 Å². The molecule has 0 saturated carbocycles. The first kappa shape index (κ1) is 19.2. The fourth-order valence-corrected chi connectivity index (χ4v) is 4.41. The molecule has 0 atom stereocenters. The van der Waals surface area contributed by atoms with Gasteiger partial charge in [0.25, 0.3) is 0 Å². The number of hydrogen-bond donors (Lipinski definition) is 0. The van der Waals surface area contributed by atoms with E-state index < -0.39 is 0 Å². The van der Waals surface area contributed by atoms with Crippen LogP contribution in [0, 0.1) is 0 Å². The largest absolute Gasteiger partial charge is 0.490 e. The summed E-state index contributed by atoms with van der Waals surface area (Å²) in [5.41, 5.74) is 7.12. The molecule has 0 amide bonds. The standard InChI is InChI=1S/C25H28N2O3/c1-3-28-22-11-8-19(15-23(22)29-4-2)25-21-10-7-18-14-17(16-27-12-5-13-27)6-9-20(18)24(21)26-30-25/h6,8-9,11,14-15H,3-5,7,10,12-13,16H2,1-2H3. The molecule has 1 aliphatic heterocycles. The average molecular weight is 405 g/mol. The molecule has 2 aliphatic rings. The van der Waals surface area contributed by atoms with Gasteiger partial charge >= 0.3 is 0 Å². The molecule has 1 saturated heterocycles. The molecule has 2 aromatic carbocycles. The quantitative estimate of drug-likeness (QED) is 0.548. The Kier molecular flexibility index (Phi) is 5.21. The molecular weight excluding hydrogens is 376 g/mol. The normalized spacial score (nSPS) is 15.3. The summed E-state index contributed by atoms with van der Waals surface area (Å²) in [7, 11) is 0. The van der Waals surface area contributed by atoms with E-state index in [2.05, 4.69) is 28.3 Å². The Hall–Kier alpha value is -2.79. The van der Waals surface area contributed by atoms with E-state index >= 15 is 0 Å². The van der Waals surface area contributed by atoms with Gasteiger partial charge in [-0.05, 0) is 75.5 Å². The van der Waals surface area contributed by atoms with Gasteiger partial charge in [-0.15, -0.1) is 0 Å². The van der Waals surface area contributed by atoms with Gasteiger partial charge < -0.3 is 14.0 Å². The van der Waals surface area contributed by atoms with Crippen LogP contribution in [-0.2, 0) is 19.4 Å². The molecule has 3 aromatic rings. The minimum absolute atomic E-state index is 0.588. The molecule has 1 aliphatic carbocycles. The fraction of sp³-hybridized carbons (Fsp3) is 0.400. The van der Waals surface area contributed by atoms with Crippen LogP contribution in [0.5, 0.6) is 11.5 Å². The van der Waals surface area contributed by atoms with E-state index in [1.807, 2.05) is 32.0 Å². The smallest absolute Gasteiger partial charge is 0.170 e. The summed E-state index contributed by atoms with van der Waals surface area (Å²) in [5, 5.41) is 4.47. The zero-order chi connectivity index (χ0) is 20.5. The Labute approximate surface area is 177 Å². The van der Waals surface area contributed by atoms with Gasteiger partial charge in [0.2, 0.25) is 0 Å². The van der Waals surface area contributed by atoms with Crippen LogP contribution in [0.4, 0.5) is 0 Å². The third kappa shape index (κ3) is 3.47. The molecule has 0 bridgehead atoms. The van der Waals surface area contributed by atoms with E-state index in [0.29, 0.717) is 13.2 Å². The number of benzene rings is 2. The molecular formula is C25H28N2O3. The maximum Gasteiger partial charge on any atom is 0.170 e. The second kappa shape index (κ2) is 8.15. The highest BCUT2D eigenvalue weighted by atomic mass is 16.5. The maximum absolute atomic E-state index is 5.86. The summed E-state index contributed by atoms with van der Waals surface area (Å²) in [4.78, 5) is 2.49. The average Bonchev–Trinajstić information content (AvgIpc) is 3.17. The Balaban J connectivity index is 1.46. The monoisotopic (exact) mass is 404 g/mol. The zero-order valence-corrected chi connectivity index (χ0v) is 17.7. The highest BCUT2D eigenvalue weighted by Gasteiger charge is 2.26. The number of hydrogen-bond acceptors (Lipinski definition) is 5. The lowest BCUT2D eigenvalue weighted by molar-refractivity contribution is 0.172. The predicted octanol–water partition coefficient (Wildman–Crippen LogP) is 5.11. The number of fused-ring (bicyclic) bond motifs is 3. The molecule has 0 unspecified atom stereocenters. The van der Waals surface area contributed by atoms with Crippen LogP contribution in [0.15, 0.2) is 40.9 Å². The molecule has 1 fully saturated rings. The van der Waals surface area contributed by atoms with Crippen molar-refractivity contribution in [2.24, 2.45) is 0 Å². The maximum atomic E-state index is 5.86. The van der Waals surface area contributed by atoms with E-state index in [9.17, 15) is 0 Å². The molecule has 156 valence electrons. The van der Waals surface area contributed by atoms with Crippen LogP contribution in [-0.4, -0.2) is 36.4 Å². The third-order valence-electron chi connectivity index (χ3n) is 6.02. The topological polar surface area (TPSA) is 47.7 Å². The van der Waals surface area contributed by atoms with Crippen LogP contribution < -0.4 is 9.47 Å². The minimum atomic E-state index is 0.588. The molecule has 0 N–H and O–H groups in total. The predicted molar refractivity (Wildman–Crippen MR) is 117 cm³/mol. The Morgan fingerprint density at radius 1 is 0.967 bits per heavy atom. The van der Waals surface area contributed by atoms with Crippen molar-refractivity contribution in [3.63, 3.8) is 0 Å². The second-order valence-electron chi connectivity index (χ2n) is 7.99. The molecule has 0 radical (unpaired) electrons. The molecule has 5 heteroatoms. The first-order valence-corrected chi connectivity index (χ1v) is 11.0. The summed E-state index contributed by atoms with van der Waals surface area (Å²) in [6.07, 6.45) is 3.28. The first-order chi connectivity index (χ1) is 14.8. The van der Waals surface area contributed by atoms with Gasteiger partial charge in [0.1, 0.15) is 5.69 Å². The van der Waals surface area contributed by atoms with E-state index in [4.69, 9.17) is 14.0 Å². The summed E-state index contributed by atoms with van der Waals surface area (Å²) < 4.78 is 17.4. The van der Waals surface area contributed by atoms with Crippen molar-refractivity contribution < 1.29 is 14.0 Å². The van der Waals surface area contributed by atoms with Gasteiger partial charge in [-0.1, -0.05) is 23.4 Å². The van der Waals surface area contributed by atoms with Crippen LogP contribution in [0.25, 0.3) is 22.6 Å². The number of nitrogens with zero attached hydrogens (tertiary/aromatic N) is 2. The van der Waals surface area contributed by atoms with Crippen molar-refractivity contribution in [1.82, 2.24) is 10.1 Å². The lowest BCUT2D eigenvalue weighted by Crippen LogP contribution is -2.36.